The Morgan fingerprint density at radius 3 is 2.41 bits per heavy atom. The molecule has 0 atom stereocenters. The number of para-hydroxylation sites is 1. The molecule has 1 amide bonds. The molecule has 2 heterocycles. The highest BCUT2D eigenvalue weighted by atomic mass is 35.5. The van der Waals surface area contributed by atoms with Crippen molar-refractivity contribution in [3.63, 3.8) is 0 Å². The number of nitrogens with zero attached hydrogens (tertiary/aromatic N) is 3. The number of aromatic amines is 1. The molecule has 0 radical (unpaired) electrons. The van der Waals surface area contributed by atoms with Crippen molar-refractivity contribution < 1.29 is 13.2 Å². The summed E-state index contributed by atoms with van der Waals surface area (Å²) in [5.41, 5.74) is 1.18. The number of rotatable bonds is 4. The van der Waals surface area contributed by atoms with Gasteiger partial charge in [0.1, 0.15) is 5.69 Å². The molecular weight excluding hydrogens is 412 g/mol. The third kappa shape index (κ3) is 3.91. The maximum atomic E-state index is 13.0. The van der Waals surface area contributed by atoms with E-state index in [1.165, 1.54) is 15.0 Å². The zero-order chi connectivity index (χ0) is 20.6. The van der Waals surface area contributed by atoms with E-state index in [1.54, 1.807) is 11.9 Å². The average Bonchev–Trinajstić information content (AvgIpc) is 3.10. The fourth-order valence-corrected chi connectivity index (χ4v) is 6.22. The first-order chi connectivity index (χ1) is 13.9. The third-order valence-electron chi connectivity index (χ3n) is 6.16. The van der Waals surface area contributed by atoms with Crippen molar-refractivity contribution in [3.05, 3.63) is 35.0 Å². The zero-order valence-electron chi connectivity index (χ0n) is 16.6. The maximum absolute atomic E-state index is 13.0. The minimum Gasteiger partial charge on any atom is -0.349 e. The Balaban J connectivity index is 1.43. The molecule has 4 rings (SSSR count). The summed E-state index contributed by atoms with van der Waals surface area (Å²) in [5, 5.41) is 1.23. The summed E-state index contributed by atoms with van der Waals surface area (Å²) >= 11 is 6.41. The quantitative estimate of drug-likeness (QED) is 0.796. The molecule has 2 aromatic rings. The highest BCUT2D eigenvalue weighted by molar-refractivity contribution is 7.86. The fraction of sp³-hybridized carbons (Fsp3) is 0.550. The van der Waals surface area contributed by atoms with E-state index in [0.717, 1.165) is 36.6 Å². The zero-order valence-corrected chi connectivity index (χ0v) is 18.2. The lowest BCUT2D eigenvalue weighted by Crippen LogP contribution is -2.55. The van der Waals surface area contributed by atoms with Crippen molar-refractivity contribution >= 4 is 38.6 Å². The smallest absolute Gasteiger partial charge is 0.282 e. The second-order valence-electron chi connectivity index (χ2n) is 7.87. The van der Waals surface area contributed by atoms with E-state index >= 15 is 0 Å². The Bertz CT molecular complexity index is 992. The van der Waals surface area contributed by atoms with Crippen molar-refractivity contribution in [1.82, 2.24) is 18.5 Å². The van der Waals surface area contributed by atoms with Gasteiger partial charge in [-0.2, -0.15) is 17.0 Å². The Kier molecular flexibility index (Phi) is 5.88. The lowest BCUT2D eigenvalue weighted by atomic mass is 9.96. The van der Waals surface area contributed by atoms with Crippen molar-refractivity contribution in [2.24, 2.45) is 0 Å². The van der Waals surface area contributed by atoms with Gasteiger partial charge >= 0.3 is 0 Å². The topological polar surface area (TPSA) is 76.7 Å². The van der Waals surface area contributed by atoms with E-state index in [1.807, 2.05) is 24.3 Å². The van der Waals surface area contributed by atoms with Crippen molar-refractivity contribution in [2.45, 2.75) is 38.1 Å². The van der Waals surface area contributed by atoms with Crippen molar-refractivity contribution in [1.29, 1.82) is 0 Å². The molecule has 1 aromatic heterocycles. The molecule has 2 fully saturated rings. The number of carbonyl (C=O) groups is 1. The lowest BCUT2D eigenvalue weighted by Gasteiger charge is -2.38. The average molecular weight is 439 g/mol. The molecule has 0 bridgehead atoms. The van der Waals surface area contributed by atoms with Gasteiger partial charge in [-0.15, -0.1) is 0 Å². The van der Waals surface area contributed by atoms with Crippen LogP contribution in [-0.2, 0) is 10.2 Å². The first kappa shape index (κ1) is 20.7. The number of piperazine rings is 1. The minimum atomic E-state index is -3.51. The van der Waals surface area contributed by atoms with Gasteiger partial charge in [0.25, 0.3) is 16.1 Å². The number of hydrogen-bond donors (Lipinski definition) is 1. The predicted octanol–water partition coefficient (Wildman–Crippen LogP) is 3.09. The Morgan fingerprint density at radius 2 is 1.76 bits per heavy atom. The second kappa shape index (κ2) is 8.26. The van der Waals surface area contributed by atoms with Crippen LogP contribution >= 0.6 is 11.6 Å². The fourth-order valence-electron chi connectivity index (χ4n) is 4.35. The monoisotopic (exact) mass is 438 g/mol. The van der Waals surface area contributed by atoms with Gasteiger partial charge in [-0.25, -0.2) is 0 Å². The summed E-state index contributed by atoms with van der Waals surface area (Å²) in [4.78, 5) is 17.7. The van der Waals surface area contributed by atoms with Gasteiger partial charge in [-0.1, -0.05) is 49.1 Å². The van der Waals surface area contributed by atoms with Gasteiger partial charge in [0.05, 0.1) is 5.02 Å². The number of carbonyl (C=O) groups excluding carboxylic acids is 1. The summed E-state index contributed by atoms with van der Waals surface area (Å²) in [6.45, 7) is 1.29. The normalized spacial score (nSPS) is 19.9. The molecule has 9 heteroatoms. The first-order valence-electron chi connectivity index (χ1n) is 10.2. The number of hydrogen-bond acceptors (Lipinski definition) is 3. The van der Waals surface area contributed by atoms with Crippen LogP contribution in [0.1, 0.15) is 42.6 Å². The molecule has 1 aromatic carbocycles. The van der Waals surface area contributed by atoms with E-state index in [2.05, 4.69) is 4.98 Å². The first-order valence-corrected chi connectivity index (χ1v) is 12.0. The largest absolute Gasteiger partial charge is 0.349 e. The Morgan fingerprint density at radius 1 is 1.10 bits per heavy atom. The molecule has 2 aliphatic rings. The van der Waals surface area contributed by atoms with Gasteiger partial charge in [0.15, 0.2) is 0 Å². The van der Waals surface area contributed by atoms with Gasteiger partial charge in [0, 0.05) is 50.2 Å². The van der Waals surface area contributed by atoms with E-state index in [4.69, 9.17) is 11.6 Å². The predicted molar refractivity (Wildman–Crippen MR) is 114 cm³/mol. The van der Waals surface area contributed by atoms with Gasteiger partial charge < -0.3 is 9.88 Å². The summed E-state index contributed by atoms with van der Waals surface area (Å²) < 4.78 is 29.1. The van der Waals surface area contributed by atoms with Gasteiger partial charge in [-0.05, 0) is 18.9 Å². The van der Waals surface area contributed by atoms with Crippen LogP contribution in [-0.4, -0.2) is 72.1 Å². The number of amides is 1. The molecular formula is C20H27ClN4O3S. The molecule has 1 saturated carbocycles. The SMILES string of the molecule is CN(C1CCCCC1)S(=O)(=O)N1CCN(C(=O)c2[nH]c3ccccc3c2Cl)CC1. The molecule has 1 N–H and O–H groups in total. The van der Waals surface area contributed by atoms with Crippen LogP contribution in [0.5, 0.6) is 0 Å². The maximum Gasteiger partial charge on any atom is 0.282 e. The molecule has 0 spiro atoms. The van der Waals surface area contributed by atoms with Crippen LogP contribution in [0.3, 0.4) is 0 Å². The number of benzene rings is 1. The molecule has 7 nitrogen and oxygen atoms in total. The summed E-state index contributed by atoms with van der Waals surface area (Å²) in [5.74, 6) is -0.191. The van der Waals surface area contributed by atoms with Crippen LogP contribution in [0.2, 0.25) is 5.02 Å². The molecule has 1 saturated heterocycles. The van der Waals surface area contributed by atoms with E-state index < -0.39 is 10.2 Å². The van der Waals surface area contributed by atoms with Crippen LogP contribution in [0.25, 0.3) is 10.9 Å². The highest BCUT2D eigenvalue weighted by Crippen LogP contribution is 2.29. The molecule has 1 aliphatic carbocycles. The number of H-pyrrole nitrogens is 1. The van der Waals surface area contributed by atoms with Crippen molar-refractivity contribution in [2.75, 3.05) is 33.2 Å². The third-order valence-corrected chi connectivity index (χ3v) is 8.60. The molecule has 29 heavy (non-hydrogen) atoms. The number of aromatic nitrogens is 1. The highest BCUT2D eigenvalue weighted by Gasteiger charge is 2.36. The second-order valence-corrected chi connectivity index (χ2v) is 10.2. The standard InChI is InChI=1S/C20H27ClN4O3S/c1-23(15-7-3-2-4-8-15)29(27,28)25-13-11-24(12-14-25)20(26)19-18(21)16-9-5-6-10-17(16)22-19/h5-6,9-10,15,22H,2-4,7-8,11-14H2,1H3. The van der Waals surface area contributed by atoms with Gasteiger partial charge in [0.2, 0.25) is 0 Å². The summed E-state index contributed by atoms with van der Waals surface area (Å²) in [6.07, 6.45) is 5.19. The lowest BCUT2D eigenvalue weighted by molar-refractivity contribution is 0.0688. The molecule has 0 unspecified atom stereocenters. The molecule has 1 aliphatic heterocycles. The van der Waals surface area contributed by atoms with Gasteiger partial charge in [-0.3, -0.25) is 4.79 Å². The Labute approximate surface area is 176 Å². The molecule has 158 valence electrons. The van der Waals surface area contributed by atoms with E-state index in [9.17, 15) is 13.2 Å². The summed E-state index contributed by atoms with van der Waals surface area (Å²) in [6, 6.07) is 7.59. The van der Waals surface area contributed by atoms with Crippen LogP contribution < -0.4 is 0 Å². The van der Waals surface area contributed by atoms with Crippen LogP contribution in [0, 0.1) is 0 Å². The minimum absolute atomic E-state index is 0.0820. The summed E-state index contributed by atoms with van der Waals surface area (Å²) in [7, 11) is -1.82. The van der Waals surface area contributed by atoms with Crippen LogP contribution in [0.4, 0.5) is 0 Å². The number of fused-ring (bicyclic) bond motifs is 1. The number of halogens is 1. The van der Waals surface area contributed by atoms with Crippen molar-refractivity contribution in [3.8, 4) is 0 Å². The van der Waals surface area contributed by atoms with E-state index in [0.29, 0.717) is 36.9 Å². The van der Waals surface area contributed by atoms with Crippen LogP contribution in [0.15, 0.2) is 24.3 Å². The van der Waals surface area contributed by atoms with E-state index in [-0.39, 0.29) is 11.9 Å². The Hall–Kier alpha value is -1.61. The number of nitrogens with one attached hydrogen (secondary N) is 1.